The fraction of sp³-hybridized carbons (Fsp3) is 0.333. The molecule has 1 amide bonds. The standard InChI is InChI=1S/C15H17NO4/c1-10-2-4-11(5-3-10)6-7-14(18)16-9-12(17)8-13(16)15(19)20/h2-7,12-13,17H,8-9H2,1H3,(H,19,20)/t12-,13+/m1/s1. The van der Waals surface area contributed by atoms with Crippen molar-refractivity contribution in [2.75, 3.05) is 6.54 Å². The molecule has 1 heterocycles. The highest BCUT2D eigenvalue weighted by molar-refractivity contribution is 5.94. The molecular weight excluding hydrogens is 258 g/mol. The van der Waals surface area contributed by atoms with Gasteiger partial charge in [-0.1, -0.05) is 29.8 Å². The van der Waals surface area contributed by atoms with Crippen molar-refractivity contribution in [1.82, 2.24) is 4.90 Å². The number of aliphatic carboxylic acids is 1. The highest BCUT2D eigenvalue weighted by atomic mass is 16.4. The van der Waals surface area contributed by atoms with E-state index in [4.69, 9.17) is 5.11 Å². The predicted octanol–water partition coefficient (Wildman–Crippen LogP) is 1.05. The van der Waals surface area contributed by atoms with E-state index in [2.05, 4.69) is 0 Å². The van der Waals surface area contributed by atoms with Crippen molar-refractivity contribution < 1.29 is 19.8 Å². The fourth-order valence-electron chi connectivity index (χ4n) is 2.23. The summed E-state index contributed by atoms with van der Waals surface area (Å²) in [5.41, 5.74) is 2.00. The van der Waals surface area contributed by atoms with Gasteiger partial charge in [0.1, 0.15) is 6.04 Å². The summed E-state index contributed by atoms with van der Waals surface area (Å²) in [6.45, 7) is 2.04. The molecule has 5 heteroatoms. The maximum absolute atomic E-state index is 12.0. The number of β-amino-alcohol motifs (C(OH)–C–C–N with tert-alkyl or cyclic N) is 1. The predicted molar refractivity (Wildman–Crippen MR) is 74.0 cm³/mol. The van der Waals surface area contributed by atoms with Crippen molar-refractivity contribution in [2.24, 2.45) is 0 Å². The normalized spacial score (nSPS) is 22.4. The summed E-state index contributed by atoms with van der Waals surface area (Å²) >= 11 is 0. The van der Waals surface area contributed by atoms with Crippen LogP contribution in [0, 0.1) is 6.92 Å². The zero-order valence-electron chi connectivity index (χ0n) is 11.2. The number of benzene rings is 1. The summed E-state index contributed by atoms with van der Waals surface area (Å²) in [6, 6.07) is 6.69. The van der Waals surface area contributed by atoms with Crippen LogP contribution in [-0.2, 0) is 9.59 Å². The third kappa shape index (κ3) is 3.24. The van der Waals surface area contributed by atoms with Gasteiger partial charge in [-0.25, -0.2) is 4.79 Å². The highest BCUT2D eigenvalue weighted by Crippen LogP contribution is 2.19. The van der Waals surface area contributed by atoms with Crippen LogP contribution in [-0.4, -0.2) is 45.7 Å². The molecule has 0 aromatic heterocycles. The third-order valence-corrected chi connectivity index (χ3v) is 3.34. The SMILES string of the molecule is Cc1ccc(C=CC(=O)N2C[C@H](O)C[C@H]2C(=O)O)cc1. The van der Waals surface area contributed by atoms with Gasteiger partial charge in [0.05, 0.1) is 6.10 Å². The summed E-state index contributed by atoms with van der Waals surface area (Å²) in [6.07, 6.45) is 2.30. The van der Waals surface area contributed by atoms with Gasteiger partial charge in [0.25, 0.3) is 0 Å². The Morgan fingerprint density at radius 1 is 1.30 bits per heavy atom. The maximum Gasteiger partial charge on any atom is 0.326 e. The van der Waals surface area contributed by atoms with Crippen molar-refractivity contribution in [1.29, 1.82) is 0 Å². The van der Waals surface area contributed by atoms with Crippen LogP contribution >= 0.6 is 0 Å². The number of carboxylic acid groups (broad SMARTS) is 1. The molecule has 1 aromatic carbocycles. The van der Waals surface area contributed by atoms with E-state index in [9.17, 15) is 14.7 Å². The summed E-state index contributed by atoms with van der Waals surface area (Å²) in [7, 11) is 0. The molecule has 0 bridgehead atoms. The Balaban J connectivity index is 2.07. The lowest BCUT2D eigenvalue weighted by Crippen LogP contribution is -2.39. The molecule has 0 aliphatic carbocycles. The van der Waals surface area contributed by atoms with Gasteiger partial charge in [-0.05, 0) is 18.6 Å². The first-order valence-electron chi connectivity index (χ1n) is 6.43. The Labute approximate surface area is 117 Å². The lowest BCUT2D eigenvalue weighted by Gasteiger charge is -2.19. The summed E-state index contributed by atoms with van der Waals surface area (Å²) in [4.78, 5) is 24.2. The van der Waals surface area contributed by atoms with Crippen molar-refractivity contribution in [2.45, 2.75) is 25.5 Å². The number of carbonyl (C=O) groups excluding carboxylic acids is 1. The van der Waals surface area contributed by atoms with Gasteiger partial charge in [0.2, 0.25) is 5.91 Å². The molecule has 106 valence electrons. The van der Waals surface area contributed by atoms with Gasteiger partial charge < -0.3 is 15.1 Å². The number of aryl methyl sites for hydroxylation is 1. The van der Waals surface area contributed by atoms with Crippen LogP contribution in [0.5, 0.6) is 0 Å². The van der Waals surface area contributed by atoms with Crippen LogP contribution in [0.4, 0.5) is 0 Å². The van der Waals surface area contributed by atoms with Gasteiger partial charge in [-0.3, -0.25) is 4.79 Å². The number of aliphatic hydroxyl groups excluding tert-OH is 1. The van der Waals surface area contributed by atoms with E-state index < -0.39 is 24.0 Å². The van der Waals surface area contributed by atoms with E-state index in [1.54, 1.807) is 6.08 Å². The molecule has 1 aromatic rings. The summed E-state index contributed by atoms with van der Waals surface area (Å²) < 4.78 is 0. The number of likely N-dealkylation sites (tertiary alicyclic amines) is 1. The number of amides is 1. The second kappa shape index (κ2) is 5.88. The summed E-state index contributed by atoms with van der Waals surface area (Å²) in [5.74, 6) is -1.48. The zero-order chi connectivity index (χ0) is 14.7. The van der Waals surface area contributed by atoms with E-state index >= 15 is 0 Å². The molecular formula is C15H17NO4. The van der Waals surface area contributed by atoms with Gasteiger partial charge >= 0.3 is 5.97 Å². The molecule has 2 rings (SSSR count). The number of rotatable bonds is 3. The lowest BCUT2D eigenvalue weighted by molar-refractivity contribution is -0.146. The second-order valence-electron chi connectivity index (χ2n) is 4.98. The van der Waals surface area contributed by atoms with E-state index in [0.29, 0.717) is 0 Å². The average Bonchev–Trinajstić information content (AvgIpc) is 2.80. The summed E-state index contributed by atoms with van der Waals surface area (Å²) in [5, 5.41) is 18.5. The van der Waals surface area contributed by atoms with Gasteiger partial charge in [0, 0.05) is 19.0 Å². The smallest absolute Gasteiger partial charge is 0.326 e. The molecule has 2 atom stereocenters. The maximum atomic E-state index is 12.0. The molecule has 20 heavy (non-hydrogen) atoms. The number of nitrogens with zero attached hydrogens (tertiary/aromatic N) is 1. The first-order valence-corrected chi connectivity index (χ1v) is 6.43. The zero-order valence-corrected chi connectivity index (χ0v) is 11.2. The topological polar surface area (TPSA) is 77.8 Å². The second-order valence-corrected chi connectivity index (χ2v) is 4.98. The van der Waals surface area contributed by atoms with Crippen molar-refractivity contribution in [3.8, 4) is 0 Å². The van der Waals surface area contributed by atoms with Crippen LogP contribution in [0.15, 0.2) is 30.3 Å². The Hall–Kier alpha value is -2.14. The average molecular weight is 275 g/mol. The monoisotopic (exact) mass is 275 g/mol. The van der Waals surface area contributed by atoms with Crippen LogP contribution in [0.3, 0.4) is 0 Å². The molecule has 1 saturated heterocycles. The highest BCUT2D eigenvalue weighted by Gasteiger charge is 2.37. The Morgan fingerprint density at radius 3 is 2.55 bits per heavy atom. The Bertz CT molecular complexity index is 535. The number of aliphatic hydroxyl groups is 1. The molecule has 0 saturated carbocycles. The van der Waals surface area contributed by atoms with E-state index in [1.165, 1.54) is 11.0 Å². The molecule has 0 radical (unpaired) electrons. The Kier molecular flexibility index (Phi) is 4.20. The van der Waals surface area contributed by atoms with Crippen LogP contribution in [0.2, 0.25) is 0 Å². The van der Waals surface area contributed by atoms with Crippen molar-refractivity contribution >= 4 is 18.0 Å². The minimum absolute atomic E-state index is 0.0635. The van der Waals surface area contributed by atoms with Crippen molar-refractivity contribution in [3.63, 3.8) is 0 Å². The lowest BCUT2D eigenvalue weighted by atomic mass is 10.1. The van der Waals surface area contributed by atoms with Crippen LogP contribution in [0.25, 0.3) is 6.08 Å². The number of carboxylic acids is 1. The van der Waals surface area contributed by atoms with E-state index in [0.717, 1.165) is 11.1 Å². The first-order chi connectivity index (χ1) is 9.47. The molecule has 1 aliphatic heterocycles. The minimum Gasteiger partial charge on any atom is -0.480 e. The molecule has 0 spiro atoms. The third-order valence-electron chi connectivity index (χ3n) is 3.34. The number of hydrogen-bond acceptors (Lipinski definition) is 3. The number of hydrogen-bond donors (Lipinski definition) is 2. The fourth-order valence-corrected chi connectivity index (χ4v) is 2.23. The minimum atomic E-state index is -1.08. The Morgan fingerprint density at radius 2 is 1.95 bits per heavy atom. The molecule has 0 unspecified atom stereocenters. The van der Waals surface area contributed by atoms with E-state index in [-0.39, 0.29) is 13.0 Å². The first kappa shape index (κ1) is 14.3. The molecule has 1 fully saturated rings. The van der Waals surface area contributed by atoms with Crippen LogP contribution in [0.1, 0.15) is 17.5 Å². The quantitative estimate of drug-likeness (QED) is 0.808. The number of carbonyl (C=O) groups is 2. The van der Waals surface area contributed by atoms with Gasteiger partial charge in [0.15, 0.2) is 0 Å². The van der Waals surface area contributed by atoms with E-state index in [1.807, 2.05) is 31.2 Å². The van der Waals surface area contributed by atoms with Crippen molar-refractivity contribution in [3.05, 3.63) is 41.5 Å². The van der Waals surface area contributed by atoms with Crippen LogP contribution < -0.4 is 0 Å². The van der Waals surface area contributed by atoms with Gasteiger partial charge in [-0.2, -0.15) is 0 Å². The molecule has 5 nitrogen and oxygen atoms in total. The largest absolute Gasteiger partial charge is 0.480 e. The molecule has 2 N–H and O–H groups in total. The molecule has 1 aliphatic rings. The van der Waals surface area contributed by atoms with Gasteiger partial charge in [-0.15, -0.1) is 0 Å².